The molecular formula is C15H27NO. The smallest absolute Gasteiger partial charge is 0.0538 e. The molecule has 98 valence electrons. The Morgan fingerprint density at radius 2 is 1.82 bits per heavy atom. The summed E-state index contributed by atoms with van der Waals surface area (Å²) < 4.78 is 5.85. The van der Waals surface area contributed by atoms with Gasteiger partial charge in [-0.15, -0.1) is 0 Å². The molecule has 2 unspecified atom stereocenters. The Balaban J connectivity index is 1.47. The van der Waals surface area contributed by atoms with Crippen molar-refractivity contribution in [1.29, 1.82) is 0 Å². The normalized spacial score (nSPS) is 35.5. The van der Waals surface area contributed by atoms with Crippen molar-refractivity contribution in [1.82, 2.24) is 4.90 Å². The molecule has 0 aromatic rings. The average molecular weight is 237 g/mol. The van der Waals surface area contributed by atoms with E-state index in [1.54, 1.807) is 0 Å². The number of nitrogens with zero attached hydrogens (tertiary/aromatic N) is 1. The van der Waals surface area contributed by atoms with Crippen LogP contribution in [0.2, 0.25) is 0 Å². The van der Waals surface area contributed by atoms with Gasteiger partial charge in [-0.25, -0.2) is 0 Å². The van der Waals surface area contributed by atoms with Gasteiger partial charge in [0.1, 0.15) is 0 Å². The summed E-state index contributed by atoms with van der Waals surface area (Å²) >= 11 is 0. The molecule has 0 aromatic carbocycles. The molecule has 2 heteroatoms. The van der Waals surface area contributed by atoms with E-state index in [0.717, 1.165) is 18.4 Å². The Bertz CT molecular complexity index is 260. The summed E-state index contributed by atoms with van der Waals surface area (Å²) in [4.78, 5) is 2.74. The number of likely N-dealkylation sites (tertiary alicyclic amines) is 1. The van der Waals surface area contributed by atoms with E-state index in [1.165, 1.54) is 51.7 Å². The first-order chi connectivity index (χ1) is 8.17. The van der Waals surface area contributed by atoms with Gasteiger partial charge in [0.15, 0.2) is 0 Å². The van der Waals surface area contributed by atoms with Gasteiger partial charge in [0, 0.05) is 25.0 Å². The number of rotatable bonds is 5. The van der Waals surface area contributed by atoms with Gasteiger partial charge in [0.2, 0.25) is 0 Å². The van der Waals surface area contributed by atoms with Crippen LogP contribution < -0.4 is 0 Å². The average Bonchev–Trinajstić information content (AvgIpc) is 2.70. The van der Waals surface area contributed by atoms with Crippen molar-refractivity contribution in [2.75, 3.05) is 26.2 Å². The van der Waals surface area contributed by atoms with Crippen molar-refractivity contribution in [2.45, 2.75) is 52.1 Å². The van der Waals surface area contributed by atoms with Crippen molar-refractivity contribution < 1.29 is 4.74 Å². The van der Waals surface area contributed by atoms with Gasteiger partial charge in [0.05, 0.1) is 12.7 Å². The van der Waals surface area contributed by atoms with Gasteiger partial charge in [-0.05, 0) is 51.4 Å². The summed E-state index contributed by atoms with van der Waals surface area (Å²) in [6, 6.07) is 0. The van der Waals surface area contributed by atoms with Crippen molar-refractivity contribution >= 4 is 0 Å². The lowest BCUT2D eigenvalue weighted by Gasteiger charge is -2.24. The van der Waals surface area contributed by atoms with Crippen molar-refractivity contribution in [2.24, 2.45) is 17.3 Å². The summed E-state index contributed by atoms with van der Waals surface area (Å²) in [6.07, 6.45) is 7.67. The van der Waals surface area contributed by atoms with Crippen LogP contribution in [0.1, 0.15) is 46.0 Å². The maximum absolute atomic E-state index is 5.85. The van der Waals surface area contributed by atoms with Gasteiger partial charge in [-0.3, -0.25) is 0 Å². The fourth-order valence-corrected chi connectivity index (χ4v) is 3.80. The highest BCUT2D eigenvalue weighted by Crippen LogP contribution is 2.48. The molecule has 0 radical (unpaired) electrons. The van der Waals surface area contributed by atoms with Gasteiger partial charge in [-0.1, -0.05) is 6.42 Å². The topological polar surface area (TPSA) is 12.5 Å². The Morgan fingerprint density at radius 3 is 2.35 bits per heavy atom. The van der Waals surface area contributed by atoms with Gasteiger partial charge < -0.3 is 9.64 Å². The zero-order valence-corrected chi connectivity index (χ0v) is 11.5. The molecular weight excluding hydrogens is 210 g/mol. The van der Waals surface area contributed by atoms with Gasteiger partial charge >= 0.3 is 0 Å². The highest BCUT2D eigenvalue weighted by Gasteiger charge is 2.46. The Hall–Kier alpha value is -0.0800. The minimum atomic E-state index is 0.394. The fraction of sp³-hybridized carbons (Fsp3) is 1.00. The SMILES string of the molecule is CC(C)OCC1(CN2CC3CCCC3C2)CC1. The molecule has 2 nitrogen and oxygen atoms in total. The molecule has 1 saturated heterocycles. The van der Waals surface area contributed by atoms with E-state index in [0.29, 0.717) is 11.5 Å². The fourth-order valence-electron chi connectivity index (χ4n) is 3.80. The van der Waals surface area contributed by atoms with Crippen LogP contribution in [0.3, 0.4) is 0 Å². The molecule has 3 aliphatic rings. The molecule has 2 saturated carbocycles. The zero-order chi connectivity index (χ0) is 11.9. The van der Waals surface area contributed by atoms with Crippen LogP contribution >= 0.6 is 0 Å². The molecule has 1 aliphatic heterocycles. The van der Waals surface area contributed by atoms with Crippen molar-refractivity contribution in [3.63, 3.8) is 0 Å². The van der Waals surface area contributed by atoms with Crippen LogP contribution in [-0.4, -0.2) is 37.2 Å². The quantitative estimate of drug-likeness (QED) is 0.729. The molecule has 0 N–H and O–H groups in total. The second-order valence-corrected chi connectivity index (χ2v) is 7.00. The first-order valence-corrected chi connectivity index (χ1v) is 7.51. The third-order valence-corrected chi connectivity index (χ3v) is 5.04. The van der Waals surface area contributed by atoms with Gasteiger partial charge in [0.25, 0.3) is 0 Å². The molecule has 0 bridgehead atoms. The first-order valence-electron chi connectivity index (χ1n) is 7.51. The van der Waals surface area contributed by atoms with E-state index in [4.69, 9.17) is 4.74 Å². The Morgan fingerprint density at radius 1 is 1.18 bits per heavy atom. The third kappa shape index (κ3) is 2.68. The minimum Gasteiger partial charge on any atom is -0.378 e. The first kappa shape index (κ1) is 12.0. The Labute approximate surface area is 106 Å². The summed E-state index contributed by atoms with van der Waals surface area (Å²) in [7, 11) is 0. The highest BCUT2D eigenvalue weighted by molar-refractivity contribution is 4.98. The van der Waals surface area contributed by atoms with Crippen molar-refractivity contribution in [3.8, 4) is 0 Å². The van der Waals surface area contributed by atoms with Crippen LogP contribution in [-0.2, 0) is 4.74 Å². The zero-order valence-electron chi connectivity index (χ0n) is 11.5. The third-order valence-electron chi connectivity index (χ3n) is 5.04. The molecule has 0 spiro atoms. The predicted octanol–water partition coefficient (Wildman–Crippen LogP) is 2.92. The standard InChI is InChI=1S/C15H27NO/c1-12(2)17-11-15(6-7-15)10-16-8-13-4-3-5-14(13)9-16/h12-14H,3-11H2,1-2H3. The minimum absolute atomic E-state index is 0.394. The molecule has 17 heavy (non-hydrogen) atoms. The number of fused-ring (bicyclic) bond motifs is 1. The van der Waals surface area contributed by atoms with E-state index < -0.39 is 0 Å². The monoisotopic (exact) mass is 237 g/mol. The van der Waals surface area contributed by atoms with Crippen LogP contribution in [0.15, 0.2) is 0 Å². The second kappa shape index (κ2) is 4.55. The lowest BCUT2D eigenvalue weighted by Crippen LogP contribution is -2.32. The lowest BCUT2D eigenvalue weighted by molar-refractivity contribution is 0.0327. The maximum Gasteiger partial charge on any atom is 0.0538 e. The van der Waals surface area contributed by atoms with E-state index in [9.17, 15) is 0 Å². The lowest BCUT2D eigenvalue weighted by atomic mass is 10.0. The van der Waals surface area contributed by atoms with Crippen LogP contribution in [0.5, 0.6) is 0 Å². The maximum atomic E-state index is 5.85. The van der Waals surface area contributed by atoms with Crippen LogP contribution in [0.25, 0.3) is 0 Å². The van der Waals surface area contributed by atoms with Crippen LogP contribution in [0, 0.1) is 17.3 Å². The molecule has 3 rings (SSSR count). The van der Waals surface area contributed by atoms with E-state index in [2.05, 4.69) is 18.7 Å². The van der Waals surface area contributed by atoms with Crippen LogP contribution in [0.4, 0.5) is 0 Å². The Kier molecular flexibility index (Phi) is 3.20. The molecule has 2 atom stereocenters. The molecule has 0 aromatic heterocycles. The molecule has 0 amide bonds. The van der Waals surface area contributed by atoms with Crippen molar-refractivity contribution in [3.05, 3.63) is 0 Å². The van der Waals surface area contributed by atoms with E-state index in [1.807, 2.05) is 0 Å². The number of hydrogen-bond acceptors (Lipinski definition) is 2. The summed E-state index contributed by atoms with van der Waals surface area (Å²) in [6.45, 7) is 9.37. The largest absolute Gasteiger partial charge is 0.378 e. The van der Waals surface area contributed by atoms with E-state index >= 15 is 0 Å². The molecule has 3 fully saturated rings. The number of hydrogen-bond donors (Lipinski definition) is 0. The summed E-state index contributed by atoms with van der Waals surface area (Å²) in [5.41, 5.74) is 0.545. The highest BCUT2D eigenvalue weighted by atomic mass is 16.5. The summed E-state index contributed by atoms with van der Waals surface area (Å²) in [5.74, 6) is 2.08. The summed E-state index contributed by atoms with van der Waals surface area (Å²) in [5, 5.41) is 0. The van der Waals surface area contributed by atoms with Gasteiger partial charge in [-0.2, -0.15) is 0 Å². The predicted molar refractivity (Wildman–Crippen MR) is 70.0 cm³/mol. The molecule has 1 heterocycles. The van der Waals surface area contributed by atoms with E-state index in [-0.39, 0.29) is 0 Å². The second-order valence-electron chi connectivity index (χ2n) is 7.00. The molecule has 2 aliphatic carbocycles. The number of ether oxygens (including phenoxy) is 1.